The van der Waals surface area contributed by atoms with Crippen LogP contribution >= 0.6 is 0 Å². The Morgan fingerprint density at radius 2 is 2.32 bits per heavy atom. The summed E-state index contributed by atoms with van der Waals surface area (Å²) >= 11 is 0. The molecule has 22 heavy (non-hydrogen) atoms. The number of anilines is 1. The number of rotatable bonds is 3. The number of hydrogen-bond donors (Lipinski definition) is 1. The number of hydrogen-bond acceptors (Lipinski definition) is 3. The van der Waals surface area contributed by atoms with Crippen molar-refractivity contribution in [1.82, 2.24) is 10.3 Å². The molecule has 1 aromatic carbocycles. The molecule has 0 aliphatic carbocycles. The Kier molecular flexibility index (Phi) is 4.22. The number of benzene rings is 1. The molecule has 1 fully saturated rings. The molecular formula is C17H20FN3O. The molecule has 5 heteroatoms. The summed E-state index contributed by atoms with van der Waals surface area (Å²) in [5, 5.41) is 3.88. The van der Waals surface area contributed by atoms with E-state index >= 15 is 0 Å². The zero-order valence-corrected chi connectivity index (χ0v) is 12.7. The Hall–Kier alpha value is -2.17. The first-order valence-electron chi connectivity index (χ1n) is 7.67. The van der Waals surface area contributed by atoms with Gasteiger partial charge in [0.1, 0.15) is 5.82 Å². The number of pyridine rings is 1. The minimum atomic E-state index is -0.265. The zero-order valence-electron chi connectivity index (χ0n) is 12.7. The van der Waals surface area contributed by atoms with Crippen molar-refractivity contribution < 1.29 is 9.18 Å². The summed E-state index contributed by atoms with van der Waals surface area (Å²) in [5.74, 6) is 0.197. The fourth-order valence-corrected chi connectivity index (χ4v) is 3.12. The molecule has 1 aliphatic rings. The van der Waals surface area contributed by atoms with Crippen molar-refractivity contribution in [3.8, 4) is 0 Å². The molecule has 4 nitrogen and oxygen atoms in total. The average molecular weight is 301 g/mol. The molecule has 2 aromatic rings. The van der Waals surface area contributed by atoms with Crippen molar-refractivity contribution in [2.75, 3.05) is 24.5 Å². The number of halogens is 1. The van der Waals surface area contributed by atoms with Gasteiger partial charge in [0.2, 0.25) is 5.91 Å². The Bertz CT molecular complexity index is 689. The first kappa shape index (κ1) is 14.8. The van der Waals surface area contributed by atoms with Crippen LogP contribution in [0.5, 0.6) is 0 Å². The summed E-state index contributed by atoms with van der Waals surface area (Å²) in [4.78, 5) is 17.6. The number of piperidine rings is 1. The molecule has 1 unspecified atom stereocenters. The molecule has 1 aromatic heterocycles. The third-order valence-electron chi connectivity index (χ3n) is 4.18. The van der Waals surface area contributed by atoms with Crippen molar-refractivity contribution in [3.63, 3.8) is 0 Å². The van der Waals surface area contributed by atoms with Gasteiger partial charge in [-0.2, -0.15) is 0 Å². The number of amides is 1. The van der Waals surface area contributed by atoms with Crippen LogP contribution in [0.2, 0.25) is 0 Å². The Morgan fingerprint density at radius 3 is 3.14 bits per heavy atom. The molecule has 1 N–H and O–H groups in total. The predicted molar refractivity (Wildman–Crippen MR) is 85.3 cm³/mol. The maximum absolute atomic E-state index is 13.4. The molecule has 0 spiro atoms. The predicted octanol–water partition coefficient (Wildman–Crippen LogP) is 2.73. The van der Waals surface area contributed by atoms with Gasteiger partial charge >= 0.3 is 0 Å². The number of fused-ring (bicyclic) bond motifs is 1. The molecule has 1 aliphatic heterocycles. The third kappa shape index (κ3) is 3.18. The van der Waals surface area contributed by atoms with Gasteiger partial charge in [0.25, 0.3) is 0 Å². The summed E-state index contributed by atoms with van der Waals surface area (Å²) < 4.78 is 13.4. The highest BCUT2D eigenvalue weighted by Crippen LogP contribution is 2.29. The van der Waals surface area contributed by atoms with Crippen molar-refractivity contribution in [2.24, 2.45) is 5.92 Å². The molecule has 1 amide bonds. The molecule has 0 bridgehead atoms. The first-order valence-corrected chi connectivity index (χ1v) is 7.67. The van der Waals surface area contributed by atoms with Gasteiger partial charge in [-0.15, -0.1) is 0 Å². The lowest BCUT2D eigenvalue weighted by Crippen LogP contribution is -2.40. The van der Waals surface area contributed by atoms with Crippen molar-refractivity contribution in [3.05, 3.63) is 36.3 Å². The van der Waals surface area contributed by atoms with Crippen LogP contribution in [0.15, 0.2) is 30.5 Å². The van der Waals surface area contributed by atoms with E-state index in [1.807, 2.05) is 6.07 Å². The van der Waals surface area contributed by atoms with Crippen LogP contribution in [-0.4, -0.2) is 30.5 Å². The molecule has 1 atom stereocenters. The molecule has 116 valence electrons. The summed E-state index contributed by atoms with van der Waals surface area (Å²) in [7, 11) is 0. The minimum Gasteiger partial charge on any atom is -0.371 e. The van der Waals surface area contributed by atoms with Gasteiger partial charge in [0, 0.05) is 49.9 Å². The maximum Gasteiger partial charge on any atom is 0.216 e. The number of carbonyl (C=O) groups is 1. The topological polar surface area (TPSA) is 45.2 Å². The quantitative estimate of drug-likeness (QED) is 0.948. The van der Waals surface area contributed by atoms with E-state index in [9.17, 15) is 9.18 Å². The summed E-state index contributed by atoms with van der Waals surface area (Å²) in [5.41, 5.74) is 1.78. The summed E-state index contributed by atoms with van der Waals surface area (Å²) in [6.45, 7) is 4.14. The molecular weight excluding hydrogens is 281 g/mol. The lowest BCUT2D eigenvalue weighted by Gasteiger charge is -2.35. The van der Waals surface area contributed by atoms with Crippen LogP contribution in [0.25, 0.3) is 10.9 Å². The minimum absolute atomic E-state index is 0.0157. The maximum atomic E-state index is 13.4. The first-order chi connectivity index (χ1) is 10.6. The van der Waals surface area contributed by atoms with Crippen LogP contribution in [0.1, 0.15) is 19.8 Å². The van der Waals surface area contributed by atoms with Gasteiger partial charge in [-0.05, 0) is 37.0 Å². The monoisotopic (exact) mass is 301 g/mol. The molecule has 2 heterocycles. The van der Waals surface area contributed by atoms with E-state index in [4.69, 9.17) is 0 Å². The van der Waals surface area contributed by atoms with Gasteiger partial charge in [0.05, 0.1) is 5.52 Å². The lowest BCUT2D eigenvalue weighted by atomic mass is 9.97. The van der Waals surface area contributed by atoms with Gasteiger partial charge in [0.15, 0.2) is 0 Å². The number of nitrogens with one attached hydrogen (secondary N) is 1. The van der Waals surface area contributed by atoms with Crippen molar-refractivity contribution in [2.45, 2.75) is 19.8 Å². The molecule has 3 rings (SSSR count). The standard InChI is InChI=1S/C17H20FN3O/c1-12(22)20-10-13-3-2-8-21(11-13)17-6-7-19-16-9-14(18)4-5-15(16)17/h4-7,9,13H,2-3,8,10-11H2,1H3,(H,20,22). The molecule has 1 saturated heterocycles. The Morgan fingerprint density at radius 1 is 1.45 bits per heavy atom. The van der Waals surface area contributed by atoms with Crippen molar-refractivity contribution >= 4 is 22.5 Å². The Balaban J connectivity index is 1.82. The third-order valence-corrected chi connectivity index (χ3v) is 4.18. The second kappa shape index (κ2) is 6.30. The van der Waals surface area contributed by atoms with E-state index in [1.54, 1.807) is 19.2 Å². The van der Waals surface area contributed by atoms with Crippen LogP contribution in [0.3, 0.4) is 0 Å². The van der Waals surface area contributed by atoms with Crippen LogP contribution < -0.4 is 10.2 Å². The smallest absolute Gasteiger partial charge is 0.216 e. The second-order valence-electron chi connectivity index (χ2n) is 5.88. The zero-order chi connectivity index (χ0) is 15.5. The summed E-state index contributed by atoms with van der Waals surface area (Å²) in [6, 6.07) is 6.73. The lowest BCUT2D eigenvalue weighted by molar-refractivity contribution is -0.119. The van der Waals surface area contributed by atoms with E-state index in [1.165, 1.54) is 12.1 Å². The van der Waals surface area contributed by atoms with Crippen molar-refractivity contribution in [1.29, 1.82) is 0 Å². The van der Waals surface area contributed by atoms with Gasteiger partial charge in [-0.25, -0.2) is 4.39 Å². The second-order valence-corrected chi connectivity index (χ2v) is 5.88. The summed E-state index contributed by atoms with van der Waals surface area (Å²) in [6.07, 6.45) is 3.94. The largest absolute Gasteiger partial charge is 0.371 e. The van der Waals surface area contributed by atoms with E-state index in [2.05, 4.69) is 15.2 Å². The normalized spacial score (nSPS) is 18.5. The highest BCUT2D eigenvalue weighted by molar-refractivity contribution is 5.91. The van der Waals surface area contributed by atoms with Crippen LogP contribution in [-0.2, 0) is 4.79 Å². The highest BCUT2D eigenvalue weighted by Gasteiger charge is 2.21. The number of aromatic nitrogens is 1. The van der Waals surface area contributed by atoms with Crippen LogP contribution in [0, 0.1) is 11.7 Å². The highest BCUT2D eigenvalue weighted by atomic mass is 19.1. The molecule has 0 saturated carbocycles. The fraction of sp³-hybridized carbons (Fsp3) is 0.412. The van der Waals surface area contributed by atoms with Gasteiger partial charge < -0.3 is 10.2 Å². The van der Waals surface area contributed by atoms with E-state index in [0.717, 1.165) is 37.0 Å². The SMILES string of the molecule is CC(=O)NCC1CCCN(c2ccnc3cc(F)ccc23)C1. The fourth-order valence-electron chi connectivity index (χ4n) is 3.12. The average Bonchev–Trinajstić information content (AvgIpc) is 2.52. The van der Waals surface area contributed by atoms with E-state index in [0.29, 0.717) is 18.0 Å². The van der Waals surface area contributed by atoms with Gasteiger partial charge in [-0.3, -0.25) is 9.78 Å². The van der Waals surface area contributed by atoms with E-state index in [-0.39, 0.29) is 11.7 Å². The number of carbonyl (C=O) groups excluding carboxylic acids is 1. The van der Waals surface area contributed by atoms with Gasteiger partial charge in [-0.1, -0.05) is 0 Å². The van der Waals surface area contributed by atoms with Crippen LogP contribution in [0.4, 0.5) is 10.1 Å². The molecule has 0 radical (unpaired) electrons. The Labute approximate surface area is 129 Å². The van der Waals surface area contributed by atoms with E-state index < -0.39 is 0 Å². The number of nitrogens with zero attached hydrogens (tertiary/aromatic N) is 2.